The van der Waals surface area contributed by atoms with Crippen LogP contribution in [-0.2, 0) is 13.5 Å². The van der Waals surface area contributed by atoms with E-state index >= 15 is 0 Å². The summed E-state index contributed by atoms with van der Waals surface area (Å²) in [7, 11) is 3.63. The predicted molar refractivity (Wildman–Crippen MR) is 76.6 cm³/mol. The van der Waals surface area contributed by atoms with Crippen molar-refractivity contribution in [1.29, 1.82) is 0 Å². The van der Waals surface area contributed by atoms with Gasteiger partial charge in [-0.2, -0.15) is 5.10 Å². The first kappa shape index (κ1) is 13.4. The SMILES string of the molecule is COc1cccc(Cc2c(NCCN)cnn2C)c1. The number of nitrogens with zero attached hydrogens (tertiary/aromatic N) is 2. The van der Waals surface area contributed by atoms with E-state index in [-0.39, 0.29) is 0 Å². The molecule has 3 N–H and O–H groups in total. The molecule has 0 saturated carbocycles. The predicted octanol–water partition coefficient (Wildman–Crippen LogP) is 1.39. The van der Waals surface area contributed by atoms with E-state index in [0.29, 0.717) is 6.54 Å². The number of ether oxygens (including phenoxy) is 1. The lowest BCUT2D eigenvalue weighted by Crippen LogP contribution is -2.14. The van der Waals surface area contributed by atoms with Crippen molar-refractivity contribution in [2.75, 3.05) is 25.5 Å². The summed E-state index contributed by atoms with van der Waals surface area (Å²) in [6.45, 7) is 1.35. The molecule has 0 aliphatic rings. The molecule has 1 heterocycles. The molecule has 0 amide bonds. The summed E-state index contributed by atoms with van der Waals surface area (Å²) in [6, 6.07) is 8.07. The van der Waals surface area contributed by atoms with Crippen LogP contribution in [0.5, 0.6) is 5.75 Å². The number of nitrogens with two attached hydrogens (primary N) is 1. The van der Waals surface area contributed by atoms with Gasteiger partial charge in [0.1, 0.15) is 5.75 Å². The Kier molecular flexibility index (Phi) is 4.41. The molecule has 0 fully saturated rings. The fraction of sp³-hybridized carbons (Fsp3) is 0.357. The molecule has 0 bridgehead atoms. The lowest BCUT2D eigenvalue weighted by molar-refractivity contribution is 0.414. The van der Waals surface area contributed by atoms with Crippen LogP contribution in [0.1, 0.15) is 11.3 Å². The van der Waals surface area contributed by atoms with Crippen molar-refractivity contribution < 1.29 is 4.74 Å². The zero-order valence-corrected chi connectivity index (χ0v) is 11.4. The van der Waals surface area contributed by atoms with Gasteiger partial charge in [0.2, 0.25) is 0 Å². The molecular weight excluding hydrogens is 240 g/mol. The van der Waals surface area contributed by atoms with Crippen LogP contribution in [0, 0.1) is 0 Å². The molecule has 1 aromatic heterocycles. The molecule has 0 spiro atoms. The third-order valence-corrected chi connectivity index (χ3v) is 3.03. The third kappa shape index (κ3) is 3.26. The van der Waals surface area contributed by atoms with Crippen molar-refractivity contribution in [3.8, 4) is 5.75 Å². The van der Waals surface area contributed by atoms with Crippen molar-refractivity contribution in [3.63, 3.8) is 0 Å². The first-order chi connectivity index (χ1) is 9.24. The van der Waals surface area contributed by atoms with Gasteiger partial charge in [0, 0.05) is 26.6 Å². The number of anilines is 1. The molecule has 1 aromatic carbocycles. The highest BCUT2D eigenvalue weighted by molar-refractivity contribution is 5.49. The van der Waals surface area contributed by atoms with Crippen molar-refractivity contribution in [2.24, 2.45) is 12.8 Å². The second-order valence-electron chi connectivity index (χ2n) is 4.37. The molecule has 0 aliphatic heterocycles. The smallest absolute Gasteiger partial charge is 0.119 e. The molecular formula is C14H20N4O. The average Bonchev–Trinajstić information content (AvgIpc) is 2.78. The van der Waals surface area contributed by atoms with Crippen LogP contribution in [0.25, 0.3) is 0 Å². The van der Waals surface area contributed by atoms with E-state index in [1.165, 1.54) is 5.56 Å². The van der Waals surface area contributed by atoms with Gasteiger partial charge in [-0.1, -0.05) is 12.1 Å². The minimum atomic E-state index is 0.605. The standard InChI is InChI=1S/C14H20N4O/c1-18-14(13(10-17-18)16-7-6-15)9-11-4-3-5-12(8-11)19-2/h3-5,8,10,16H,6-7,9,15H2,1-2H3. The van der Waals surface area contributed by atoms with Crippen molar-refractivity contribution in [1.82, 2.24) is 9.78 Å². The van der Waals surface area contributed by atoms with E-state index < -0.39 is 0 Å². The molecule has 5 heteroatoms. The largest absolute Gasteiger partial charge is 0.497 e. The number of aromatic nitrogens is 2. The monoisotopic (exact) mass is 260 g/mol. The number of aryl methyl sites for hydroxylation is 1. The van der Waals surface area contributed by atoms with Gasteiger partial charge in [0.25, 0.3) is 0 Å². The van der Waals surface area contributed by atoms with E-state index in [9.17, 15) is 0 Å². The van der Waals surface area contributed by atoms with Gasteiger partial charge in [-0.25, -0.2) is 0 Å². The molecule has 19 heavy (non-hydrogen) atoms. The van der Waals surface area contributed by atoms with E-state index in [0.717, 1.165) is 30.1 Å². The fourth-order valence-corrected chi connectivity index (χ4v) is 2.00. The maximum absolute atomic E-state index is 5.52. The quantitative estimate of drug-likeness (QED) is 0.824. The van der Waals surface area contributed by atoms with Gasteiger partial charge >= 0.3 is 0 Å². The van der Waals surface area contributed by atoms with Crippen molar-refractivity contribution in [3.05, 3.63) is 41.7 Å². The minimum absolute atomic E-state index is 0.605. The fourth-order valence-electron chi connectivity index (χ4n) is 2.00. The van der Waals surface area contributed by atoms with Gasteiger partial charge < -0.3 is 15.8 Å². The summed E-state index contributed by atoms with van der Waals surface area (Å²) in [6.07, 6.45) is 2.64. The number of rotatable bonds is 6. The molecule has 0 saturated heterocycles. The summed E-state index contributed by atoms with van der Waals surface area (Å²) in [5.74, 6) is 0.871. The normalized spacial score (nSPS) is 10.5. The Labute approximate surface area is 113 Å². The Morgan fingerprint density at radius 3 is 3.00 bits per heavy atom. The molecule has 0 aliphatic carbocycles. The Morgan fingerprint density at radius 2 is 2.26 bits per heavy atom. The van der Waals surface area contributed by atoms with E-state index in [4.69, 9.17) is 10.5 Å². The maximum atomic E-state index is 5.52. The number of hydrogen-bond donors (Lipinski definition) is 2. The van der Waals surface area contributed by atoms with Crippen LogP contribution in [0.15, 0.2) is 30.5 Å². The van der Waals surface area contributed by atoms with Crippen LogP contribution >= 0.6 is 0 Å². The van der Waals surface area contributed by atoms with Crippen LogP contribution < -0.4 is 15.8 Å². The van der Waals surface area contributed by atoms with E-state index in [1.807, 2.05) is 36.1 Å². The highest BCUT2D eigenvalue weighted by Gasteiger charge is 2.09. The first-order valence-electron chi connectivity index (χ1n) is 6.32. The van der Waals surface area contributed by atoms with Gasteiger partial charge in [-0.05, 0) is 17.7 Å². The highest BCUT2D eigenvalue weighted by atomic mass is 16.5. The topological polar surface area (TPSA) is 65.1 Å². The van der Waals surface area contributed by atoms with Gasteiger partial charge in [0.05, 0.1) is 24.7 Å². The Bertz CT molecular complexity index is 536. The Morgan fingerprint density at radius 1 is 1.42 bits per heavy atom. The van der Waals surface area contributed by atoms with Crippen LogP contribution in [-0.4, -0.2) is 30.0 Å². The molecule has 2 aromatic rings. The number of hydrogen-bond acceptors (Lipinski definition) is 4. The van der Waals surface area contributed by atoms with E-state index in [1.54, 1.807) is 7.11 Å². The van der Waals surface area contributed by atoms with Crippen LogP contribution in [0.3, 0.4) is 0 Å². The molecule has 0 radical (unpaired) electrons. The second kappa shape index (κ2) is 6.24. The minimum Gasteiger partial charge on any atom is -0.497 e. The lowest BCUT2D eigenvalue weighted by Gasteiger charge is -2.09. The summed E-state index contributed by atoms with van der Waals surface area (Å²) in [4.78, 5) is 0. The van der Waals surface area contributed by atoms with Gasteiger partial charge in [-0.15, -0.1) is 0 Å². The summed E-state index contributed by atoms with van der Waals surface area (Å²) in [5, 5.41) is 7.58. The van der Waals surface area contributed by atoms with E-state index in [2.05, 4.69) is 16.5 Å². The molecule has 2 rings (SSSR count). The van der Waals surface area contributed by atoms with Crippen LogP contribution in [0.4, 0.5) is 5.69 Å². The highest BCUT2D eigenvalue weighted by Crippen LogP contribution is 2.20. The molecule has 5 nitrogen and oxygen atoms in total. The molecule has 0 atom stereocenters. The van der Waals surface area contributed by atoms with Gasteiger partial charge in [0.15, 0.2) is 0 Å². The number of nitrogens with one attached hydrogen (secondary N) is 1. The van der Waals surface area contributed by atoms with Crippen molar-refractivity contribution in [2.45, 2.75) is 6.42 Å². The number of methoxy groups -OCH3 is 1. The summed E-state index contributed by atoms with van der Waals surface area (Å²) in [5.41, 5.74) is 8.89. The summed E-state index contributed by atoms with van der Waals surface area (Å²) < 4.78 is 7.13. The van der Waals surface area contributed by atoms with Gasteiger partial charge in [-0.3, -0.25) is 4.68 Å². The second-order valence-corrected chi connectivity index (χ2v) is 4.37. The maximum Gasteiger partial charge on any atom is 0.119 e. The zero-order valence-electron chi connectivity index (χ0n) is 11.4. The van der Waals surface area contributed by atoms with Crippen LogP contribution in [0.2, 0.25) is 0 Å². The Balaban J connectivity index is 2.19. The summed E-state index contributed by atoms with van der Waals surface area (Å²) >= 11 is 0. The average molecular weight is 260 g/mol. The first-order valence-corrected chi connectivity index (χ1v) is 6.32. The number of benzene rings is 1. The lowest BCUT2D eigenvalue weighted by atomic mass is 10.1. The third-order valence-electron chi connectivity index (χ3n) is 3.03. The molecule has 0 unspecified atom stereocenters. The molecule has 102 valence electrons. The zero-order chi connectivity index (χ0) is 13.7. The Hall–Kier alpha value is -2.01. The van der Waals surface area contributed by atoms with Crippen molar-refractivity contribution >= 4 is 5.69 Å².